The second-order valence-corrected chi connectivity index (χ2v) is 7.50. The van der Waals surface area contributed by atoms with E-state index in [1.807, 2.05) is 48.5 Å². The standard InChI is InChI=1S/C23H28N2O3/c1-18(23(27)28)25(17-20-10-6-3-7-11-20)22(26)21-12-14-24(15-13-21)16-19-8-4-2-5-9-19/h2-11,18,21H,12-17H2,1H3,(H,27,28). The van der Waals surface area contributed by atoms with Gasteiger partial charge in [0.2, 0.25) is 5.91 Å². The molecule has 0 saturated carbocycles. The number of benzene rings is 2. The SMILES string of the molecule is CC(C(=O)O)N(Cc1ccccc1)C(=O)C1CCN(Cc2ccccc2)CC1. The van der Waals surface area contributed by atoms with Crippen molar-refractivity contribution in [1.29, 1.82) is 0 Å². The highest BCUT2D eigenvalue weighted by Gasteiger charge is 2.33. The third-order valence-electron chi connectivity index (χ3n) is 5.49. The first kappa shape index (κ1) is 20.1. The van der Waals surface area contributed by atoms with Gasteiger partial charge >= 0.3 is 5.97 Å². The zero-order chi connectivity index (χ0) is 19.9. The quantitative estimate of drug-likeness (QED) is 0.800. The summed E-state index contributed by atoms with van der Waals surface area (Å²) < 4.78 is 0. The van der Waals surface area contributed by atoms with Crippen molar-refractivity contribution in [2.75, 3.05) is 13.1 Å². The van der Waals surface area contributed by atoms with Crippen LogP contribution in [-0.2, 0) is 22.7 Å². The molecule has 1 amide bonds. The highest BCUT2D eigenvalue weighted by Crippen LogP contribution is 2.23. The van der Waals surface area contributed by atoms with Crippen molar-refractivity contribution in [2.24, 2.45) is 5.92 Å². The monoisotopic (exact) mass is 380 g/mol. The van der Waals surface area contributed by atoms with Crippen molar-refractivity contribution in [3.05, 3.63) is 71.8 Å². The van der Waals surface area contributed by atoms with E-state index >= 15 is 0 Å². The molecule has 2 aromatic carbocycles. The van der Waals surface area contributed by atoms with Crippen LogP contribution in [0, 0.1) is 5.92 Å². The van der Waals surface area contributed by atoms with Gasteiger partial charge in [-0.25, -0.2) is 4.79 Å². The van der Waals surface area contributed by atoms with Crippen molar-refractivity contribution < 1.29 is 14.7 Å². The molecular formula is C23H28N2O3. The molecule has 0 spiro atoms. The number of piperidine rings is 1. The van der Waals surface area contributed by atoms with Crippen LogP contribution in [0.1, 0.15) is 30.9 Å². The second kappa shape index (κ2) is 9.51. The van der Waals surface area contributed by atoms with Gasteiger partial charge in [-0.2, -0.15) is 0 Å². The molecule has 1 fully saturated rings. The minimum Gasteiger partial charge on any atom is -0.480 e. The van der Waals surface area contributed by atoms with Gasteiger partial charge in [0.1, 0.15) is 6.04 Å². The number of carbonyl (C=O) groups excluding carboxylic acids is 1. The van der Waals surface area contributed by atoms with Crippen LogP contribution in [0.5, 0.6) is 0 Å². The Balaban J connectivity index is 1.62. The number of hydrogen-bond donors (Lipinski definition) is 1. The number of nitrogens with zero attached hydrogens (tertiary/aromatic N) is 2. The minimum absolute atomic E-state index is 0.0434. The molecular weight excluding hydrogens is 352 g/mol. The predicted molar refractivity (Wildman–Crippen MR) is 109 cm³/mol. The average Bonchev–Trinajstić information content (AvgIpc) is 2.73. The van der Waals surface area contributed by atoms with Crippen LogP contribution in [0.15, 0.2) is 60.7 Å². The van der Waals surface area contributed by atoms with Crippen molar-refractivity contribution in [3.8, 4) is 0 Å². The number of rotatable bonds is 7. The van der Waals surface area contributed by atoms with Gasteiger partial charge in [0, 0.05) is 19.0 Å². The average molecular weight is 380 g/mol. The molecule has 1 heterocycles. The van der Waals surface area contributed by atoms with E-state index in [9.17, 15) is 14.7 Å². The number of aliphatic carboxylic acids is 1. The van der Waals surface area contributed by atoms with Gasteiger partial charge in [-0.05, 0) is 44.0 Å². The van der Waals surface area contributed by atoms with E-state index < -0.39 is 12.0 Å². The molecule has 2 aromatic rings. The molecule has 5 heteroatoms. The molecule has 1 unspecified atom stereocenters. The number of hydrogen-bond acceptors (Lipinski definition) is 3. The predicted octanol–water partition coefficient (Wildman–Crippen LogP) is 3.40. The number of likely N-dealkylation sites (tertiary alicyclic amines) is 1. The van der Waals surface area contributed by atoms with Gasteiger partial charge in [0.05, 0.1) is 0 Å². The summed E-state index contributed by atoms with van der Waals surface area (Å²) in [5.74, 6) is -1.12. The van der Waals surface area contributed by atoms with Gasteiger partial charge in [-0.1, -0.05) is 60.7 Å². The first-order chi connectivity index (χ1) is 13.5. The lowest BCUT2D eigenvalue weighted by molar-refractivity contribution is -0.152. The Bertz CT molecular complexity index is 771. The van der Waals surface area contributed by atoms with E-state index in [-0.39, 0.29) is 11.8 Å². The van der Waals surface area contributed by atoms with Gasteiger partial charge in [-0.3, -0.25) is 9.69 Å². The van der Waals surface area contributed by atoms with E-state index in [0.717, 1.165) is 38.0 Å². The Hall–Kier alpha value is -2.66. The van der Waals surface area contributed by atoms with E-state index in [0.29, 0.717) is 6.54 Å². The molecule has 1 N–H and O–H groups in total. The molecule has 1 aliphatic heterocycles. The van der Waals surface area contributed by atoms with Crippen molar-refractivity contribution in [2.45, 2.75) is 38.9 Å². The number of carboxylic acids is 1. The molecule has 1 saturated heterocycles. The van der Waals surface area contributed by atoms with E-state index in [1.165, 1.54) is 10.5 Å². The van der Waals surface area contributed by atoms with Gasteiger partial charge in [-0.15, -0.1) is 0 Å². The van der Waals surface area contributed by atoms with Gasteiger partial charge < -0.3 is 10.0 Å². The Morgan fingerprint density at radius 1 is 1.00 bits per heavy atom. The number of carbonyl (C=O) groups is 2. The van der Waals surface area contributed by atoms with Crippen molar-refractivity contribution in [3.63, 3.8) is 0 Å². The fourth-order valence-corrected chi connectivity index (χ4v) is 3.73. The van der Waals surface area contributed by atoms with E-state index in [1.54, 1.807) is 6.92 Å². The van der Waals surface area contributed by atoms with Gasteiger partial charge in [0.25, 0.3) is 0 Å². The van der Waals surface area contributed by atoms with Crippen LogP contribution < -0.4 is 0 Å². The topological polar surface area (TPSA) is 60.9 Å². The zero-order valence-electron chi connectivity index (χ0n) is 16.3. The van der Waals surface area contributed by atoms with Crippen molar-refractivity contribution in [1.82, 2.24) is 9.80 Å². The Kier molecular flexibility index (Phi) is 6.82. The lowest BCUT2D eigenvalue weighted by atomic mass is 9.94. The number of carboxylic acid groups (broad SMARTS) is 1. The fourth-order valence-electron chi connectivity index (χ4n) is 3.73. The van der Waals surface area contributed by atoms with Gasteiger partial charge in [0.15, 0.2) is 0 Å². The Labute approximate surface area is 166 Å². The molecule has 1 aliphatic rings. The maximum absolute atomic E-state index is 13.2. The molecule has 0 radical (unpaired) electrons. The molecule has 0 aliphatic carbocycles. The summed E-state index contributed by atoms with van der Waals surface area (Å²) in [4.78, 5) is 28.6. The minimum atomic E-state index is -0.967. The Morgan fingerprint density at radius 3 is 2.07 bits per heavy atom. The highest BCUT2D eigenvalue weighted by atomic mass is 16.4. The van der Waals surface area contributed by atoms with E-state index in [4.69, 9.17) is 0 Å². The maximum atomic E-state index is 13.2. The van der Waals surface area contributed by atoms with Crippen LogP contribution in [0.3, 0.4) is 0 Å². The summed E-state index contributed by atoms with van der Waals surface area (Å²) in [7, 11) is 0. The largest absolute Gasteiger partial charge is 0.480 e. The normalized spacial score (nSPS) is 16.5. The summed E-state index contributed by atoms with van der Waals surface area (Å²) in [5.41, 5.74) is 2.22. The highest BCUT2D eigenvalue weighted by molar-refractivity contribution is 5.85. The molecule has 148 valence electrons. The van der Waals surface area contributed by atoms with Crippen molar-refractivity contribution >= 4 is 11.9 Å². The molecule has 3 rings (SSSR count). The summed E-state index contributed by atoms with van der Waals surface area (Å²) >= 11 is 0. The first-order valence-electron chi connectivity index (χ1n) is 9.88. The van der Waals surface area contributed by atoms with Crippen LogP contribution in [0.25, 0.3) is 0 Å². The summed E-state index contributed by atoms with van der Waals surface area (Å²) in [6.45, 7) is 4.52. The third-order valence-corrected chi connectivity index (χ3v) is 5.49. The smallest absolute Gasteiger partial charge is 0.326 e. The van der Waals surface area contributed by atoms with Crippen LogP contribution >= 0.6 is 0 Å². The summed E-state index contributed by atoms with van der Waals surface area (Å²) in [6, 6.07) is 19.1. The molecule has 5 nitrogen and oxygen atoms in total. The fraction of sp³-hybridized carbons (Fsp3) is 0.391. The molecule has 28 heavy (non-hydrogen) atoms. The third kappa shape index (κ3) is 5.20. The number of amides is 1. The lowest BCUT2D eigenvalue weighted by Gasteiger charge is -2.35. The maximum Gasteiger partial charge on any atom is 0.326 e. The zero-order valence-corrected chi connectivity index (χ0v) is 16.3. The molecule has 1 atom stereocenters. The summed E-state index contributed by atoms with van der Waals surface area (Å²) in [5, 5.41) is 9.48. The first-order valence-corrected chi connectivity index (χ1v) is 9.88. The lowest BCUT2D eigenvalue weighted by Crippen LogP contribution is -2.48. The van der Waals surface area contributed by atoms with Crippen LogP contribution in [0.4, 0.5) is 0 Å². The molecule has 0 aromatic heterocycles. The van der Waals surface area contributed by atoms with E-state index in [2.05, 4.69) is 17.0 Å². The molecule has 0 bridgehead atoms. The summed E-state index contributed by atoms with van der Waals surface area (Å²) in [6.07, 6.45) is 1.53. The Morgan fingerprint density at radius 2 is 1.54 bits per heavy atom. The van der Waals surface area contributed by atoms with Crippen LogP contribution in [-0.4, -0.2) is 45.9 Å². The second-order valence-electron chi connectivity index (χ2n) is 7.50. The van der Waals surface area contributed by atoms with Crippen LogP contribution in [0.2, 0.25) is 0 Å².